The van der Waals surface area contributed by atoms with Crippen LogP contribution in [0, 0.1) is 5.41 Å². The molecule has 132 valence electrons. The van der Waals surface area contributed by atoms with Crippen LogP contribution in [0.25, 0.3) is 0 Å². The molecule has 0 saturated carbocycles. The largest absolute Gasteiger partial charge is 0.547 e. The van der Waals surface area contributed by atoms with E-state index in [2.05, 4.69) is 33.9 Å². The first-order valence-electron chi connectivity index (χ1n) is 8.05. The Morgan fingerprint density at radius 1 is 1.43 bits per heavy atom. The topological polar surface area (TPSA) is 55.8 Å². The molecule has 2 atom stereocenters. The number of methoxy groups -OCH3 is 1. The van der Waals surface area contributed by atoms with E-state index in [1.807, 2.05) is 13.0 Å². The average Bonchev–Trinajstić information content (AvgIpc) is 2.46. The van der Waals surface area contributed by atoms with Crippen molar-refractivity contribution in [3.63, 3.8) is 0 Å². The van der Waals surface area contributed by atoms with Gasteiger partial charge in [-0.05, 0) is 30.6 Å². The summed E-state index contributed by atoms with van der Waals surface area (Å²) >= 11 is 0. The van der Waals surface area contributed by atoms with Crippen LogP contribution in [0.15, 0.2) is 11.8 Å². The Morgan fingerprint density at radius 2 is 2.00 bits per heavy atom. The third kappa shape index (κ3) is 4.16. The summed E-state index contributed by atoms with van der Waals surface area (Å²) in [5.74, 6) is 0.886. The maximum absolute atomic E-state index is 11.9. The number of likely N-dealkylation sites (N-methyl/N-ethyl adjacent to an activating group) is 1. The molecule has 23 heavy (non-hydrogen) atoms. The first-order chi connectivity index (χ1) is 10.4. The number of aldehydes is 1. The minimum Gasteiger partial charge on any atom is -0.547 e. The predicted octanol–water partition coefficient (Wildman–Crippen LogP) is 3.96. The number of ether oxygens (including phenoxy) is 1. The fourth-order valence-corrected chi connectivity index (χ4v) is 3.63. The van der Waals surface area contributed by atoms with Gasteiger partial charge in [0.05, 0.1) is 18.9 Å². The molecule has 1 aliphatic rings. The van der Waals surface area contributed by atoms with Crippen molar-refractivity contribution in [2.24, 2.45) is 5.41 Å². The van der Waals surface area contributed by atoms with Crippen LogP contribution in [-0.2, 0) is 14.0 Å². The van der Waals surface area contributed by atoms with Crippen molar-refractivity contribution in [1.82, 2.24) is 4.90 Å². The quantitative estimate of drug-likeness (QED) is 0.574. The summed E-state index contributed by atoms with van der Waals surface area (Å²) in [6, 6.07) is -0.360. The molecule has 0 spiro atoms. The Bertz CT molecular complexity index is 495. The molecule has 5 nitrogen and oxygen atoms in total. The lowest BCUT2D eigenvalue weighted by Crippen LogP contribution is -2.50. The van der Waals surface area contributed by atoms with Gasteiger partial charge in [0, 0.05) is 18.9 Å². The second kappa shape index (κ2) is 6.67. The van der Waals surface area contributed by atoms with Crippen molar-refractivity contribution in [3.05, 3.63) is 11.8 Å². The summed E-state index contributed by atoms with van der Waals surface area (Å²) in [4.78, 5) is 25.0. The molecule has 0 fully saturated rings. The molecule has 0 saturated heterocycles. The molecule has 0 unspecified atom stereocenters. The fraction of sp³-hybridized carbons (Fsp3) is 0.765. The Balaban J connectivity index is 3.13. The first kappa shape index (κ1) is 19.7. The van der Waals surface area contributed by atoms with Crippen LogP contribution >= 0.6 is 0 Å². The number of amides is 1. The predicted molar refractivity (Wildman–Crippen MR) is 93.7 cm³/mol. The Kier molecular flexibility index (Phi) is 5.73. The summed E-state index contributed by atoms with van der Waals surface area (Å²) in [5.41, 5.74) is -0.622. The number of nitrogens with zero attached hydrogens (tertiary/aromatic N) is 1. The molecular formula is C17H31NO4Si. The van der Waals surface area contributed by atoms with Crippen LogP contribution < -0.4 is 0 Å². The molecule has 6 heteroatoms. The van der Waals surface area contributed by atoms with Gasteiger partial charge in [0.1, 0.15) is 6.29 Å². The lowest BCUT2D eigenvalue weighted by Gasteiger charge is -2.43. The lowest BCUT2D eigenvalue weighted by atomic mass is 9.75. The number of carbonyl (C=O) groups is 2. The third-order valence-corrected chi connectivity index (χ3v) is 9.66. The summed E-state index contributed by atoms with van der Waals surface area (Å²) in [7, 11) is 1.06. The first-order valence-corrected chi connectivity index (χ1v) is 11.0. The van der Waals surface area contributed by atoms with Gasteiger partial charge in [-0.2, -0.15) is 0 Å². The smallest absolute Gasteiger partial charge is 0.409 e. The van der Waals surface area contributed by atoms with Gasteiger partial charge in [-0.3, -0.25) is 0 Å². The lowest BCUT2D eigenvalue weighted by molar-refractivity contribution is -0.118. The van der Waals surface area contributed by atoms with Crippen LogP contribution in [0.4, 0.5) is 4.79 Å². The number of allylic oxidation sites excluding steroid dienone is 1. The summed E-state index contributed by atoms with van der Waals surface area (Å²) in [5, 5.41) is 0.100. The van der Waals surface area contributed by atoms with E-state index < -0.39 is 19.8 Å². The Labute approximate surface area is 141 Å². The molecule has 0 aromatic heterocycles. The van der Waals surface area contributed by atoms with Crippen molar-refractivity contribution in [2.45, 2.75) is 64.7 Å². The van der Waals surface area contributed by atoms with E-state index in [1.54, 1.807) is 7.05 Å². The minimum atomic E-state index is -1.94. The van der Waals surface area contributed by atoms with Crippen LogP contribution in [0.2, 0.25) is 18.1 Å². The number of carbonyl (C=O) groups excluding carboxylic acids is 2. The highest BCUT2D eigenvalue weighted by molar-refractivity contribution is 6.74. The molecule has 0 aromatic rings. The van der Waals surface area contributed by atoms with E-state index in [-0.39, 0.29) is 11.1 Å². The van der Waals surface area contributed by atoms with Gasteiger partial charge in [-0.15, -0.1) is 0 Å². The van der Waals surface area contributed by atoms with Crippen molar-refractivity contribution in [1.29, 1.82) is 0 Å². The highest BCUT2D eigenvalue weighted by Crippen LogP contribution is 2.42. The normalized spacial score (nSPS) is 25.4. The van der Waals surface area contributed by atoms with E-state index in [9.17, 15) is 9.59 Å². The highest BCUT2D eigenvalue weighted by atomic mass is 28.4. The van der Waals surface area contributed by atoms with Crippen molar-refractivity contribution in [2.75, 3.05) is 14.2 Å². The zero-order valence-corrected chi connectivity index (χ0v) is 16.7. The molecule has 0 radical (unpaired) electrons. The second-order valence-corrected chi connectivity index (χ2v) is 12.9. The van der Waals surface area contributed by atoms with Gasteiger partial charge in [-0.25, -0.2) is 4.79 Å². The van der Waals surface area contributed by atoms with Crippen LogP contribution in [0.3, 0.4) is 0 Å². The average molecular weight is 342 g/mol. The van der Waals surface area contributed by atoms with Crippen LogP contribution in [-0.4, -0.2) is 45.8 Å². The molecule has 1 rings (SSSR count). The molecule has 1 amide bonds. The van der Waals surface area contributed by atoms with Gasteiger partial charge >= 0.3 is 6.09 Å². The van der Waals surface area contributed by atoms with E-state index in [1.165, 1.54) is 12.0 Å². The number of hydrogen-bond acceptors (Lipinski definition) is 4. The van der Waals surface area contributed by atoms with Crippen LogP contribution in [0.1, 0.15) is 40.5 Å². The fourth-order valence-electron chi connectivity index (χ4n) is 2.50. The Morgan fingerprint density at radius 3 is 2.43 bits per heavy atom. The van der Waals surface area contributed by atoms with Crippen molar-refractivity contribution >= 4 is 20.7 Å². The highest BCUT2D eigenvalue weighted by Gasteiger charge is 2.44. The van der Waals surface area contributed by atoms with Crippen molar-refractivity contribution < 1.29 is 18.8 Å². The minimum absolute atomic E-state index is 0.100. The molecule has 0 bridgehead atoms. The summed E-state index contributed by atoms with van der Waals surface area (Å²) < 4.78 is 11.2. The molecule has 0 aliphatic heterocycles. The van der Waals surface area contributed by atoms with Gasteiger partial charge in [-0.1, -0.05) is 27.7 Å². The monoisotopic (exact) mass is 341 g/mol. The number of rotatable bonds is 4. The molecule has 0 aromatic carbocycles. The van der Waals surface area contributed by atoms with E-state index in [4.69, 9.17) is 9.16 Å². The van der Waals surface area contributed by atoms with Gasteiger partial charge < -0.3 is 18.9 Å². The standard InChI is InChI=1S/C17H31NO4Si/c1-16(2,3)23(7,8)22-13-9-10-17(4,12-19)14(11-13)18(5)15(20)21-6/h11-12,14H,9-10H2,1-8H3/t14-,17-/m0/s1. The van der Waals surface area contributed by atoms with Crippen molar-refractivity contribution in [3.8, 4) is 0 Å². The van der Waals surface area contributed by atoms with E-state index in [0.29, 0.717) is 12.8 Å². The third-order valence-electron chi connectivity index (χ3n) is 5.27. The molecular weight excluding hydrogens is 310 g/mol. The van der Waals surface area contributed by atoms with E-state index >= 15 is 0 Å². The zero-order valence-electron chi connectivity index (χ0n) is 15.7. The Hall–Kier alpha value is -1.30. The number of hydrogen-bond donors (Lipinski definition) is 0. The molecule has 0 N–H and O–H groups in total. The maximum Gasteiger partial charge on any atom is 0.409 e. The van der Waals surface area contributed by atoms with Gasteiger partial charge in [0.25, 0.3) is 0 Å². The molecule has 1 aliphatic carbocycles. The van der Waals surface area contributed by atoms with Gasteiger partial charge in [0.2, 0.25) is 8.32 Å². The maximum atomic E-state index is 11.9. The summed E-state index contributed by atoms with van der Waals surface area (Å²) in [6.07, 6.45) is 3.79. The zero-order chi connectivity index (χ0) is 18.1. The molecule has 0 heterocycles. The second-order valence-electron chi connectivity index (χ2n) is 8.14. The SMILES string of the molecule is COC(=O)N(C)[C@H]1C=C(O[Si](C)(C)C(C)(C)C)CC[C@@]1(C)C=O. The van der Waals surface area contributed by atoms with E-state index in [0.717, 1.165) is 12.0 Å². The van der Waals surface area contributed by atoms with Crippen LogP contribution in [0.5, 0.6) is 0 Å². The van der Waals surface area contributed by atoms with Gasteiger partial charge in [0.15, 0.2) is 0 Å². The summed E-state index contributed by atoms with van der Waals surface area (Å²) in [6.45, 7) is 12.8.